The number of ether oxygens (including phenoxy) is 2. The molecule has 0 spiro atoms. The number of hydrogen-bond donors (Lipinski definition) is 1. The number of amides is 1. The fourth-order valence-corrected chi connectivity index (χ4v) is 1.96. The molecule has 0 aliphatic carbocycles. The zero-order valence-corrected chi connectivity index (χ0v) is 10.3. The first kappa shape index (κ1) is 12.2. The van der Waals surface area contributed by atoms with Crippen molar-refractivity contribution < 1.29 is 14.3 Å². The van der Waals surface area contributed by atoms with Crippen LogP contribution in [0.4, 0.5) is 0 Å². The Bertz CT molecular complexity index is 521. The van der Waals surface area contributed by atoms with Gasteiger partial charge in [-0.15, -0.1) is 0 Å². The molecule has 2 rings (SSSR count). The zero-order valence-electron chi connectivity index (χ0n) is 10.3. The highest BCUT2D eigenvalue weighted by Crippen LogP contribution is 2.33. The molecule has 1 atom stereocenters. The van der Waals surface area contributed by atoms with Crippen molar-refractivity contribution in [1.29, 1.82) is 5.26 Å². The maximum atomic E-state index is 11.1. The number of carbonyl (C=O) groups excluding carboxylic acids is 1. The molecule has 0 bridgehead atoms. The van der Waals surface area contributed by atoms with Crippen LogP contribution in [-0.2, 0) is 11.2 Å². The van der Waals surface area contributed by atoms with E-state index in [1.165, 1.54) is 6.92 Å². The minimum absolute atomic E-state index is 0.222. The highest BCUT2D eigenvalue weighted by Gasteiger charge is 2.26. The minimum Gasteiger partial charge on any atom is -0.454 e. The highest BCUT2D eigenvalue weighted by molar-refractivity contribution is 5.74. The van der Waals surface area contributed by atoms with Crippen LogP contribution >= 0.6 is 0 Å². The molecule has 0 saturated carbocycles. The number of rotatable bonds is 3. The van der Waals surface area contributed by atoms with Crippen molar-refractivity contribution in [3.8, 4) is 17.6 Å². The van der Waals surface area contributed by atoms with E-state index >= 15 is 0 Å². The van der Waals surface area contributed by atoms with E-state index in [0.717, 1.165) is 5.56 Å². The van der Waals surface area contributed by atoms with Crippen LogP contribution in [-0.4, -0.2) is 18.2 Å². The van der Waals surface area contributed by atoms with E-state index in [1.807, 2.05) is 18.2 Å². The summed E-state index contributed by atoms with van der Waals surface area (Å²) in [5, 5.41) is 11.8. The average Bonchev–Trinajstić information content (AvgIpc) is 2.75. The van der Waals surface area contributed by atoms with Crippen molar-refractivity contribution in [3.63, 3.8) is 0 Å². The number of carbonyl (C=O) groups is 1. The van der Waals surface area contributed by atoms with Crippen LogP contribution in [0, 0.1) is 11.3 Å². The second-order valence-electron chi connectivity index (χ2n) is 4.49. The highest BCUT2D eigenvalue weighted by atomic mass is 16.7. The molecule has 5 heteroatoms. The maximum Gasteiger partial charge on any atom is 0.231 e. The Balaban J connectivity index is 2.18. The van der Waals surface area contributed by atoms with E-state index in [4.69, 9.17) is 14.7 Å². The van der Waals surface area contributed by atoms with Crippen LogP contribution < -0.4 is 14.8 Å². The third-order valence-electron chi connectivity index (χ3n) is 2.69. The van der Waals surface area contributed by atoms with Crippen molar-refractivity contribution in [1.82, 2.24) is 5.32 Å². The lowest BCUT2D eigenvalue weighted by molar-refractivity contribution is -0.120. The van der Waals surface area contributed by atoms with Crippen LogP contribution in [0.15, 0.2) is 18.2 Å². The Morgan fingerprint density at radius 2 is 2.22 bits per heavy atom. The quantitative estimate of drug-likeness (QED) is 0.874. The third-order valence-corrected chi connectivity index (χ3v) is 2.69. The fourth-order valence-electron chi connectivity index (χ4n) is 1.96. The van der Waals surface area contributed by atoms with Crippen LogP contribution in [0.1, 0.15) is 19.4 Å². The summed E-state index contributed by atoms with van der Waals surface area (Å²) in [6.07, 6.45) is 0.416. The number of hydrogen-bond acceptors (Lipinski definition) is 4. The van der Waals surface area contributed by atoms with Gasteiger partial charge in [-0.1, -0.05) is 6.07 Å². The fraction of sp³-hybridized carbons (Fsp3) is 0.385. The van der Waals surface area contributed by atoms with Crippen LogP contribution in [0.5, 0.6) is 11.5 Å². The summed E-state index contributed by atoms with van der Waals surface area (Å²) < 4.78 is 10.5. The molecule has 1 aliphatic heterocycles. The maximum absolute atomic E-state index is 11.1. The Hall–Kier alpha value is -2.22. The molecule has 0 radical (unpaired) electrons. The molecule has 18 heavy (non-hydrogen) atoms. The van der Waals surface area contributed by atoms with Gasteiger partial charge in [-0.25, -0.2) is 0 Å². The van der Waals surface area contributed by atoms with Gasteiger partial charge in [-0.05, 0) is 24.6 Å². The number of nitrogens with zero attached hydrogens (tertiary/aromatic N) is 1. The summed E-state index contributed by atoms with van der Waals surface area (Å²) in [4.78, 5) is 11.1. The molecule has 1 aromatic carbocycles. The van der Waals surface area contributed by atoms with E-state index in [1.54, 1.807) is 6.92 Å². The van der Waals surface area contributed by atoms with Gasteiger partial charge in [0.15, 0.2) is 11.5 Å². The van der Waals surface area contributed by atoms with Crippen LogP contribution in [0.2, 0.25) is 0 Å². The van der Waals surface area contributed by atoms with Gasteiger partial charge in [0.25, 0.3) is 0 Å². The van der Waals surface area contributed by atoms with Gasteiger partial charge in [-0.3, -0.25) is 4.79 Å². The molecular formula is C13H14N2O3. The molecular weight excluding hydrogens is 232 g/mol. The van der Waals surface area contributed by atoms with Crippen molar-refractivity contribution >= 4 is 5.91 Å². The number of fused-ring (bicyclic) bond motifs is 1. The molecule has 0 saturated heterocycles. The minimum atomic E-state index is -0.917. The predicted octanol–water partition coefficient (Wildman–Crippen LogP) is 1.38. The largest absolute Gasteiger partial charge is 0.454 e. The molecule has 94 valence electrons. The monoisotopic (exact) mass is 246 g/mol. The van der Waals surface area contributed by atoms with Crippen molar-refractivity contribution in [2.45, 2.75) is 25.8 Å². The zero-order chi connectivity index (χ0) is 13.2. The lowest BCUT2D eigenvalue weighted by Gasteiger charge is -2.22. The molecule has 1 aromatic rings. The molecule has 1 heterocycles. The second-order valence-corrected chi connectivity index (χ2v) is 4.49. The van der Waals surface area contributed by atoms with Crippen molar-refractivity contribution in [2.24, 2.45) is 0 Å². The Kier molecular flexibility index (Phi) is 3.11. The summed E-state index contributed by atoms with van der Waals surface area (Å²) in [7, 11) is 0. The Morgan fingerprint density at radius 3 is 2.89 bits per heavy atom. The normalized spacial score (nSPS) is 15.6. The molecule has 1 unspecified atom stereocenters. The molecule has 0 aromatic heterocycles. The number of nitriles is 1. The standard InChI is InChI=1S/C13H14N2O3/c1-9(16)15-13(2,7-14)6-10-3-4-11-12(5-10)18-8-17-11/h3-5H,6,8H2,1-2H3,(H,15,16). The Labute approximate surface area is 105 Å². The summed E-state index contributed by atoms with van der Waals surface area (Å²) in [6.45, 7) is 3.31. The van der Waals surface area contributed by atoms with E-state index in [0.29, 0.717) is 17.9 Å². The first-order valence-corrected chi connectivity index (χ1v) is 5.61. The van der Waals surface area contributed by atoms with Gasteiger partial charge in [0, 0.05) is 13.3 Å². The van der Waals surface area contributed by atoms with Gasteiger partial charge >= 0.3 is 0 Å². The third kappa shape index (κ3) is 2.54. The van der Waals surface area contributed by atoms with Gasteiger partial charge in [0.1, 0.15) is 5.54 Å². The SMILES string of the molecule is CC(=O)NC(C)(C#N)Cc1ccc2c(c1)OCO2. The second kappa shape index (κ2) is 4.57. The van der Waals surface area contributed by atoms with Gasteiger partial charge < -0.3 is 14.8 Å². The number of benzene rings is 1. The van der Waals surface area contributed by atoms with Crippen LogP contribution in [0.25, 0.3) is 0 Å². The van der Waals surface area contributed by atoms with Gasteiger partial charge in [-0.2, -0.15) is 5.26 Å². The average molecular weight is 246 g/mol. The van der Waals surface area contributed by atoms with Gasteiger partial charge in [0.05, 0.1) is 6.07 Å². The molecule has 1 aliphatic rings. The first-order valence-electron chi connectivity index (χ1n) is 5.61. The Morgan fingerprint density at radius 1 is 1.50 bits per heavy atom. The molecule has 1 amide bonds. The van der Waals surface area contributed by atoms with E-state index in [2.05, 4.69) is 11.4 Å². The van der Waals surface area contributed by atoms with E-state index in [9.17, 15) is 4.79 Å². The van der Waals surface area contributed by atoms with Crippen LogP contribution in [0.3, 0.4) is 0 Å². The summed E-state index contributed by atoms with van der Waals surface area (Å²) in [5.41, 5.74) is -0.00320. The summed E-state index contributed by atoms with van der Waals surface area (Å²) in [5.74, 6) is 1.16. The lowest BCUT2D eigenvalue weighted by atomic mass is 9.94. The molecule has 1 N–H and O–H groups in total. The van der Waals surface area contributed by atoms with E-state index < -0.39 is 5.54 Å². The topological polar surface area (TPSA) is 71.4 Å². The molecule has 5 nitrogen and oxygen atoms in total. The first-order chi connectivity index (χ1) is 8.52. The van der Waals surface area contributed by atoms with Crippen molar-refractivity contribution in [2.75, 3.05) is 6.79 Å². The predicted molar refractivity (Wildman–Crippen MR) is 64.1 cm³/mol. The van der Waals surface area contributed by atoms with E-state index in [-0.39, 0.29) is 12.7 Å². The smallest absolute Gasteiger partial charge is 0.231 e. The lowest BCUT2D eigenvalue weighted by Crippen LogP contribution is -2.45. The number of nitrogens with one attached hydrogen (secondary N) is 1. The van der Waals surface area contributed by atoms with Gasteiger partial charge in [0.2, 0.25) is 12.7 Å². The summed E-state index contributed by atoms with van der Waals surface area (Å²) in [6, 6.07) is 7.63. The molecule has 0 fully saturated rings. The van der Waals surface area contributed by atoms with Crippen molar-refractivity contribution in [3.05, 3.63) is 23.8 Å². The summed E-state index contributed by atoms with van der Waals surface area (Å²) >= 11 is 0.